The molecule has 1 atom stereocenters. The molecule has 1 heterocycles. The highest BCUT2D eigenvalue weighted by Gasteiger charge is 2.23. The van der Waals surface area contributed by atoms with Gasteiger partial charge in [-0.15, -0.1) is 0 Å². The molecule has 2 amide bonds. The number of rotatable bonds is 5. The van der Waals surface area contributed by atoms with Crippen LogP contribution in [0.4, 0.5) is 5.69 Å². The van der Waals surface area contributed by atoms with E-state index >= 15 is 0 Å². The van der Waals surface area contributed by atoms with Gasteiger partial charge in [-0.05, 0) is 49.9 Å². The van der Waals surface area contributed by atoms with Crippen molar-refractivity contribution in [2.75, 3.05) is 18.1 Å². The Morgan fingerprint density at radius 1 is 1.43 bits per heavy atom. The Bertz CT molecular complexity index is 542. The summed E-state index contributed by atoms with van der Waals surface area (Å²) in [5, 5.41) is 11.7. The molecule has 0 aromatic heterocycles. The summed E-state index contributed by atoms with van der Waals surface area (Å²) >= 11 is 0. The van der Waals surface area contributed by atoms with Crippen molar-refractivity contribution in [1.29, 1.82) is 0 Å². The smallest absolute Gasteiger partial charge is 0.251 e. The summed E-state index contributed by atoms with van der Waals surface area (Å²) < 4.78 is 0. The van der Waals surface area contributed by atoms with Gasteiger partial charge >= 0.3 is 0 Å². The monoisotopic (exact) mass is 290 g/mol. The van der Waals surface area contributed by atoms with Crippen molar-refractivity contribution in [3.8, 4) is 0 Å². The van der Waals surface area contributed by atoms with Crippen LogP contribution in [0.5, 0.6) is 0 Å². The molecule has 0 saturated heterocycles. The predicted molar refractivity (Wildman–Crippen MR) is 81.4 cm³/mol. The molecule has 0 radical (unpaired) electrons. The van der Waals surface area contributed by atoms with E-state index in [9.17, 15) is 9.59 Å². The number of aliphatic hydroxyl groups is 1. The SMILES string of the molecule is CC(=O)N1CCc2cc(C(=O)NC(C)CCCO)ccc21. The van der Waals surface area contributed by atoms with E-state index in [1.165, 1.54) is 0 Å². The van der Waals surface area contributed by atoms with Crippen molar-refractivity contribution < 1.29 is 14.7 Å². The van der Waals surface area contributed by atoms with Crippen LogP contribution in [0.25, 0.3) is 0 Å². The van der Waals surface area contributed by atoms with Crippen LogP contribution in [-0.2, 0) is 11.2 Å². The largest absolute Gasteiger partial charge is 0.396 e. The molecular formula is C16H22N2O3. The first-order valence-electron chi connectivity index (χ1n) is 7.35. The fourth-order valence-electron chi connectivity index (χ4n) is 2.65. The van der Waals surface area contributed by atoms with Crippen molar-refractivity contribution in [2.24, 2.45) is 0 Å². The first kappa shape index (κ1) is 15.5. The second-order valence-electron chi connectivity index (χ2n) is 5.50. The first-order chi connectivity index (χ1) is 10.0. The minimum Gasteiger partial charge on any atom is -0.396 e. The third kappa shape index (κ3) is 3.61. The Morgan fingerprint density at radius 2 is 2.19 bits per heavy atom. The number of carbonyl (C=O) groups is 2. The number of benzene rings is 1. The topological polar surface area (TPSA) is 69.6 Å². The molecule has 5 nitrogen and oxygen atoms in total. The van der Waals surface area contributed by atoms with Crippen molar-refractivity contribution in [1.82, 2.24) is 5.32 Å². The van der Waals surface area contributed by atoms with E-state index < -0.39 is 0 Å². The van der Waals surface area contributed by atoms with Gasteiger partial charge in [-0.1, -0.05) is 0 Å². The zero-order chi connectivity index (χ0) is 15.4. The predicted octanol–water partition coefficient (Wildman–Crippen LogP) is 1.49. The standard InChI is InChI=1S/C16H22N2O3/c1-11(4-3-9-19)17-16(21)14-5-6-15-13(10-14)7-8-18(15)12(2)20/h5-6,10-11,19H,3-4,7-9H2,1-2H3,(H,17,21). The Hall–Kier alpha value is -1.88. The lowest BCUT2D eigenvalue weighted by Crippen LogP contribution is -2.32. The van der Waals surface area contributed by atoms with E-state index in [0.29, 0.717) is 18.5 Å². The summed E-state index contributed by atoms with van der Waals surface area (Å²) in [4.78, 5) is 25.4. The number of fused-ring (bicyclic) bond motifs is 1. The summed E-state index contributed by atoms with van der Waals surface area (Å²) in [6.07, 6.45) is 2.22. The Labute approximate surface area is 125 Å². The minimum absolute atomic E-state index is 0.0311. The lowest BCUT2D eigenvalue weighted by Gasteiger charge is -2.16. The quantitative estimate of drug-likeness (QED) is 0.863. The van der Waals surface area contributed by atoms with E-state index in [4.69, 9.17) is 5.11 Å². The van der Waals surface area contributed by atoms with E-state index in [0.717, 1.165) is 24.1 Å². The van der Waals surface area contributed by atoms with Crippen LogP contribution >= 0.6 is 0 Å². The van der Waals surface area contributed by atoms with Crippen LogP contribution in [0, 0.1) is 0 Å². The van der Waals surface area contributed by atoms with Gasteiger partial charge in [-0.25, -0.2) is 0 Å². The summed E-state index contributed by atoms with van der Waals surface area (Å²) in [5.41, 5.74) is 2.57. The molecule has 21 heavy (non-hydrogen) atoms. The molecule has 1 aliphatic heterocycles. The van der Waals surface area contributed by atoms with Gasteiger partial charge in [0.1, 0.15) is 0 Å². The van der Waals surface area contributed by atoms with Crippen LogP contribution in [0.1, 0.15) is 42.6 Å². The molecule has 1 aliphatic rings. The fourth-order valence-corrected chi connectivity index (χ4v) is 2.65. The number of nitrogens with zero attached hydrogens (tertiary/aromatic N) is 1. The average Bonchev–Trinajstić information content (AvgIpc) is 2.88. The molecular weight excluding hydrogens is 268 g/mol. The minimum atomic E-state index is -0.107. The maximum Gasteiger partial charge on any atom is 0.251 e. The van der Waals surface area contributed by atoms with Crippen molar-refractivity contribution in [3.05, 3.63) is 29.3 Å². The van der Waals surface area contributed by atoms with Gasteiger partial charge < -0.3 is 15.3 Å². The van der Waals surface area contributed by atoms with Crippen molar-refractivity contribution in [3.63, 3.8) is 0 Å². The number of anilines is 1. The van der Waals surface area contributed by atoms with Crippen LogP contribution in [0.15, 0.2) is 18.2 Å². The molecule has 114 valence electrons. The highest BCUT2D eigenvalue weighted by molar-refractivity contribution is 5.97. The van der Waals surface area contributed by atoms with E-state index in [1.54, 1.807) is 17.9 Å². The number of amides is 2. The molecule has 2 N–H and O–H groups in total. The van der Waals surface area contributed by atoms with Gasteiger partial charge in [-0.3, -0.25) is 9.59 Å². The second kappa shape index (κ2) is 6.72. The zero-order valence-corrected chi connectivity index (χ0v) is 12.6. The highest BCUT2D eigenvalue weighted by atomic mass is 16.3. The average molecular weight is 290 g/mol. The lowest BCUT2D eigenvalue weighted by atomic mass is 10.1. The normalized spacial score (nSPS) is 14.7. The molecule has 5 heteroatoms. The lowest BCUT2D eigenvalue weighted by molar-refractivity contribution is -0.116. The van der Waals surface area contributed by atoms with Gasteiger partial charge in [0.25, 0.3) is 5.91 Å². The number of carbonyl (C=O) groups excluding carboxylic acids is 2. The number of aliphatic hydroxyl groups excluding tert-OH is 1. The van der Waals surface area contributed by atoms with E-state index in [-0.39, 0.29) is 24.5 Å². The summed E-state index contributed by atoms with van der Waals surface area (Å²) in [7, 11) is 0. The van der Waals surface area contributed by atoms with Gasteiger partial charge in [0.15, 0.2) is 0 Å². The van der Waals surface area contributed by atoms with Crippen molar-refractivity contribution >= 4 is 17.5 Å². The molecule has 0 aliphatic carbocycles. The molecule has 0 saturated carbocycles. The molecule has 0 spiro atoms. The van der Waals surface area contributed by atoms with Gasteiger partial charge in [0.05, 0.1) is 0 Å². The Morgan fingerprint density at radius 3 is 2.86 bits per heavy atom. The summed E-state index contributed by atoms with van der Waals surface area (Å²) in [5.74, 6) is -0.0758. The maximum atomic E-state index is 12.2. The van der Waals surface area contributed by atoms with Gasteiger partial charge in [-0.2, -0.15) is 0 Å². The first-order valence-corrected chi connectivity index (χ1v) is 7.35. The number of hydrogen-bond acceptors (Lipinski definition) is 3. The van der Waals surface area contributed by atoms with E-state index in [2.05, 4.69) is 5.32 Å². The Balaban J connectivity index is 2.05. The number of hydrogen-bond donors (Lipinski definition) is 2. The van der Waals surface area contributed by atoms with E-state index in [1.807, 2.05) is 19.1 Å². The number of nitrogens with one attached hydrogen (secondary N) is 1. The van der Waals surface area contributed by atoms with Crippen LogP contribution in [-0.4, -0.2) is 36.1 Å². The molecule has 1 aromatic rings. The molecule has 1 unspecified atom stereocenters. The highest BCUT2D eigenvalue weighted by Crippen LogP contribution is 2.28. The third-order valence-corrected chi connectivity index (χ3v) is 3.79. The fraction of sp³-hybridized carbons (Fsp3) is 0.500. The van der Waals surface area contributed by atoms with Gasteiger partial charge in [0, 0.05) is 37.4 Å². The van der Waals surface area contributed by atoms with Crippen molar-refractivity contribution in [2.45, 2.75) is 39.2 Å². The van der Waals surface area contributed by atoms with Crippen LogP contribution in [0.2, 0.25) is 0 Å². The molecule has 1 aromatic carbocycles. The Kier molecular flexibility index (Phi) is 4.96. The zero-order valence-electron chi connectivity index (χ0n) is 12.6. The molecule has 2 rings (SSSR count). The van der Waals surface area contributed by atoms with Crippen LogP contribution < -0.4 is 10.2 Å². The maximum absolute atomic E-state index is 12.2. The summed E-state index contributed by atoms with van der Waals surface area (Å²) in [6.45, 7) is 4.31. The molecule has 0 fully saturated rings. The molecule has 0 bridgehead atoms. The van der Waals surface area contributed by atoms with Crippen LogP contribution in [0.3, 0.4) is 0 Å². The second-order valence-corrected chi connectivity index (χ2v) is 5.50. The summed E-state index contributed by atoms with van der Waals surface area (Å²) in [6, 6.07) is 5.50. The third-order valence-electron chi connectivity index (χ3n) is 3.79. The van der Waals surface area contributed by atoms with Gasteiger partial charge in [0.2, 0.25) is 5.91 Å².